The first-order valence-electron chi connectivity index (χ1n) is 12.1. The number of hydrogen-bond donors (Lipinski definition) is 0. The van der Waals surface area contributed by atoms with Crippen LogP contribution >= 0.6 is 11.6 Å². The number of ether oxygens (including phenoxy) is 1. The smallest absolute Gasteiger partial charge is 0.255 e. The van der Waals surface area contributed by atoms with Crippen molar-refractivity contribution in [1.29, 1.82) is 0 Å². The van der Waals surface area contributed by atoms with E-state index in [0.29, 0.717) is 43.2 Å². The Hall–Kier alpha value is -3.25. The molecule has 7 heteroatoms. The fourth-order valence-electron chi connectivity index (χ4n) is 4.54. The minimum Gasteiger partial charge on any atom is -0.497 e. The minimum atomic E-state index is -0.00867. The highest BCUT2D eigenvalue weighted by Crippen LogP contribution is 2.32. The van der Waals surface area contributed by atoms with Crippen LogP contribution in [0.2, 0.25) is 5.02 Å². The van der Waals surface area contributed by atoms with E-state index in [2.05, 4.69) is 11.5 Å². The number of unbranched alkanes of at least 4 members (excludes halogenated alkanes) is 1. The van der Waals surface area contributed by atoms with Gasteiger partial charge in [0.05, 0.1) is 18.4 Å². The van der Waals surface area contributed by atoms with Gasteiger partial charge in [0, 0.05) is 49.0 Å². The average Bonchev–Trinajstić information content (AvgIpc) is 3.24. The first-order valence-corrected chi connectivity index (χ1v) is 12.5. The van der Waals surface area contributed by atoms with Gasteiger partial charge in [-0.3, -0.25) is 9.59 Å². The fraction of sp³-hybridized carbons (Fsp3) is 0.357. The second-order valence-electron chi connectivity index (χ2n) is 8.85. The molecule has 0 saturated carbocycles. The molecule has 0 aliphatic carbocycles. The van der Waals surface area contributed by atoms with Gasteiger partial charge in [0.25, 0.3) is 5.91 Å². The van der Waals surface area contributed by atoms with E-state index >= 15 is 0 Å². The van der Waals surface area contributed by atoms with E-state index in [0.717, 1.165) is 41.2 Å². The molecule has 1 saturated heterocycles. The SMILES string of the molecule is CCCCC(=O)N1CCN(C(=O)c2cc(-c3ccc(Cl)cc3)n(-c3ccc(OC)cc3)c2C)CC1. The molecule has 0 atom stereocenters. The summed E-state index contributed by atoms with van der Waals surface area (Å²) in [5.41, 5.74) is 4.36. The Labute approximate surface area is 212 Å². The quantitative estimate of drug-likeness (QED) is 0.431. The highest BCUT2D eigenvalue weighted by molar-refractivity contribution is 6.30. The van der Waals surface area contributed by atoms with E-state index in [-0.39, 0.29) is 11.8 Å². The zero-order chi connectivity index (χ0) is 24.9. The van der Waals surface area contributed by atoms with Gasteiger partial charge in [-0.15, -0.1) is 0 Å². The maximum absolute atomic E-state index is 13.6. The molecule has 35 heavy (non-hydrogen) atoms. The predicted octanol–water partition coefficient (Wildman–Crippen LogP) is 5.59. The van der Waals surface area contributed by atoms with Gasteiger partial charge in [0.15, 0.2) is 0 Å². The summed E-state index contributed by atoms with van der Waals surface area (Å²) in [6, 6.07) is 17.4. The Bertz CT molecular complexity index is 1180. The Balaban J connectivity index is 1.63. The van der Waals surface area contributed by atoms with Crippen LogP contribution in [0.25, 0.3) is 16.9 Å². The molecule has 0 radical (unpaired) electrons. The van der Waals surface area contributed by atoms with Crippen molar-refractivity contribution >= 4 is 23.4 Å². The fourth-order valence-corrected chi connectivity index (χ4v) is 4.66. The number of benzene rings is 2. The lowest BCUT2D eigenvalue weighted by Crippen LogP contribution is -2.50. The van der Waals surface area contributed by atoms with E-state index in [4.69, 9.17) is 16.3 Å². The van der Waals surface area contributed by atoms with Gasteiger partial charge in [-0.05, 0) is 61.4 Å². The maximum Gasteiger partial charge on any atom is 0.255 e. The Morgan fingerprint density at radius 1 is 0.943 bits per heavy atom. The van der Waals surface area contributed by atoms with Crippen LogP contribution in [-0.2, 0) is 4.79 Å². The number of halogens is 1. The molecule has 0 bridgehead atoms. The van der Waals surface area contributed by atoms with E-state index in [1.807, 2.05) is 71.3 Å². The largest absolute Gasteiger partial charge is 0.497 e. The molecular weight excluding hydrogens is 462 g/mol. The summed E-state index contributed by atoms with van der Waals surface area (Å²) in [5.74, 6) is 0.950. The van der Waals surface area contributed by atoms with E-state index < -0.39 is 0 Å². The molecule has 2 aromatic carbocycles. The van der Waals surface area contributed by atoms with E-state index in [1.54, 1.807) is 7.11 Å². The van der Waals surface area contributed by atoms with Crippen LogP contribution < -0.4 is 4.74 Å². The summed E-state index contributed by atoms with van der Waals surface area (Å²) in [7, 11) is 1.64. The highest BCUT2D eigenvalue weighted by atomic mass is 35.5. The molecule has 1 aliphatic rings. The molecule has 0 unspecified atom stereocenters. The lowest BCUT2D eigenvalue weighted by atomic mass is 10.1. The summed E-state index contributed by atoms with van der Waals surface area (Å²) in [6.45, 7) is 6.30. The van der Waals surface area contributed by atoms with Crippen molar-refractivity contribution < 1.29 is 14.3 Å². The van der Waals surface area contributed by atoms with Crippen LogP contribution in [0.1, 0.15) is 42.2 Å². The number of piperazine rings is 1. The van der Waals surface area contributed by atoms with Gasteiger partial charge in [-0.25, -0.2) is 0 Å². The Morgan fingerprint density at radius 2 is 1.57 bits per heavy atom. The third kappa shape index (κ3) is 5.38. The summed E-state index contributed by atoms with van der Waals surface area (Å²) in [5, 5.41) is 0.663. The number of aromatic nitrogens is 1. The molecule has 2 heterocycles. The molecule has 3 aromatic rings. The highest BCUT2D eigenvalue weighted by Gasteiger charge is 2.28. The first kappa shape index (κ1) is 24.9. The number of carbonyl (C=O) groups is 2. The van der Waals surface area contributed by atoms with Gasteiger partial charge in [-0.2, -0.15) is 0 Å². The van der Waals surface area contributed by atoms with Crippen molar-refractivity contribution in [1.82, 2.24) is 14.4 Å². The van der Waals surface area contributed by atoms with Crippen molar-refractivity contribution in [3.05, 3.63) is 70.9 Å². The standard InChI is InChI=1S/C28H32ClN3O3/c1-4-5-6-27(33)30-15-17-31(18-16-30)28(34)25-19-26(21-7-9-22(29)10-8-21)32(20(25)2)23-11-13-24(35-3)14-12-23/h7-14,19H,4-6,15-18H2,1-3H3. The molecule has 0 N–H and O–H groups in total. The third-order valence-corrected chi connectivity index (χ3v) is 6.86. The lowest BCUT2D eigenvalue weighted by Gasteiger charge is -2.35. The second-order valence-corrected chi connectivity index (χ2v) is 9.28. The summed E-state index contributed by atoms with van der Waals surface area (Å²) >= 11 is 6.13. The van der Waals surface area contributed by atoms with Gasteiger partial charge in [-0.1, -0.05) is 37.1 Å². The van der Waals surface area contributed by atoms with Crippen LogP contribution in [-0.4, -0.2) is 59.5 Å². The van der Waals surface area contributed by atoms with Gasteiger partial charge >= 0.3 is 0 Å². The number of rotatable bonds is 7. The Kier molecular flexibility index (Phi) is 7.81. The molecular formula is C28H32ClN3O3. The topological polar surface area (TPSA) is 54.8 Å². The molecule has 0 spiro atoms. The van der Waals surface area contributed by atoms with E-state index in [1.165, 1.54) is 0 Å². The molecule has 6 nitrogen and oxygen atoms in total. The predicted molar refractivity (Wildman–Crippen MR) is 140 cm³/mol. The van der Waals surface area contributed by atoms with Crippen LogP contribution in [0.5, 0.6) is 5.75 Å². The molecule has 1 fully saturated rings. The molecule has 2 amide bonds. The zero-order valence-corrected chi connectivity index (χ0v) is 21.3. The van der Waals surface area contributed by atoms with Crippen molar-refractivity contribution in [3.8, 4) is 22.7 Å². The van der Waals surface area contributed by atoms with Crippen LogP contribution in [0.3, 0.4) is 0 Å². The molecule has 1 aromatic heterocycles. The average molecular weight is 494 g/mol. The second kappa shape index (κ2) is 11.0. The molecule has 184 valence electrons. The molecule has 4 rings (SSSR count). The number of methoxy groups -OCH3 is 1. The van der Waals surface area contributed by atoms with Crippen LogP contribution in [0.4, 0.5) is 0 Å². The first-order chi connectivity index (χ1) is 16.9. The number of hydrogen-bond acceptors (Lipinski definition) is 3. The number of nitrogens with zero attached hydrogens (tertiary/aromatic N) is 3. The lowest BCUT2D eigenvalue weighted by molar-refractivity contribution is -0.132. The monoisotopic (exact) mass is 493 g/mol. The zero-order valence-electron chi connectivity index (χ0n) is 20.6. The van der Waals surface area contributed by atoms with Gasteiger partial charge in [0.1, 0.15) is 5.75 Å². The molecule has 1 aliphatic heterocycles. The summed E-state index contributed by atoms with van der Waals surface area (Å²) in [4.78, 5) is 29.7. The summed E-state index contributed by atoms with van der Waals surface area (Å²) in [6.07, 6.45) is 2.49. The summed E-state index contributed by atoms with van der Waals surface area (Å²) < 4.78 is 7.42. The minimum absolute atomic E-state index is 0.00867. The third-order valence-electron chi connectivity index (χ3n) is 6.61. The van der Waals surface area contributed by atoms with Crippen LogP contribution in [0.15, 0.2) is 54.6 Å². The number of amides is 2. The van der Waals surface area contributed by atoms with Crippen molar-refractivity contribution in [2.75, 3.05) is 33.3 Å². The van der Waals surface area contributed by atoms with Crippen molar-refractivity contribution in [2.24, 2.45) is 0 Å². The van der Waals surface area contributed by atoms with Gasteiger partial charge < -0.3 is 19.1 Å². The number of carbonyl (C=O) groups excluding carboxylic acids is 2. The van der Waals surface area contributed by atoms with Crippen LogP contribution in [0, 0.1) is 6.92 Å². The van der Waals surface area contributed by atoms with Gasteiger partial charge in [0.2, 0.25) is 5.91 Å². The normalized spacial score (nSPS) is 13.7. The van der Waals surface area contributed by atoms with Crippen molar-refractivity contribution in [3.63, 3.8) is 0 Å². The van der Waals surface area contributed by atoms with Crippen molar-refractivity contribution in [2.45, 2.75) is 33.1 Å². The maximum atomic E-state index is 13.6. The van der Waals surface area contributed by atoms with E-state index in [9.17, 15) is 9.59 Å². The Morgan fingerprint density at radius 3 is 2.17 bits per heavy atom.